The lowest BCUT2D eigenvalue weighted by atomic mass is 10.1. The molecule has 1 aromatic carbocycles. The summed E-state index contributed by atoms with van der Waals surface area (Å²) in [6.07, 6.45) is 3.82. The van der Waals surface area contributed by atoms with E-state index in [-0.39, 0.29) is 11.8 Å². The zero-order chi connectivity index (χ0) is 15.4. The van der Waals surface area contributed by atoms with Crippen LogP contribution in [0.3, 0.4) is 0 Å². The van der Waals surface area contributed by atoms with Crippen LogP contribution in [0.25, 0.3) is 0 Å². The first-order valence-electron chi connectivity index (χ1n) is 7.31. The average molecular weight is 305 g/mol. The molecule has 2 aromatic rings. The van der Waals surface area contributed by atoms with Gasteiger partial charge in [-0.05, 0) is 45.2 Å². The van der Waals surface area contributed by atoms with Gasteiger partial charge in [0.25, 0.3) is 0 Å². The van der Waals surface area contributed by atoms with Crippen molar-refractivity contribution >= 4 is 17.4 Å². The summed E-state index contributed by atoms with van der Waals surface area (Å²) in [7, 11) is 0. The highest BCUT2D eigenvalue weighted by molar-refractivity contribution is 6.31. The summed E-state index contributed by atoms with van der Waals surface area (Å²) in [5.74, 6) is 1.04. The number of carbonyl (C=O) groups excluding carboxylic acids is 1. The third kappa shape index (κ3) is 3.73. The van der Waals surface area contributed by atoms with Gasteiger partial charge in [-0.15, -0.1) is 0 Å². The first-order chi connectivity index (χ1) is 10.0. The fourth-order valence-electron chi connectivity index (χ4n) is 2.58. The van der Waals surface area contributed by atoms with Crippen LogP contribution in [0.5, 0.6) is 0 Å². The fraction of sp³-hybridized carbons (Fsp3) is 0.412. The van der Waals surface area contributed by atoms with E-state index in [0.29, 0.717) is 12.1 Å². The van der Waals surface area contributed by atoms with Crippen molar-refractivity contribution in [2.24, 2.45) is 0 Å². The number of imidazole rings is 1. The van der Waals surface area contributed by atoms with Crippen LogP contribution in [0.1, 0.15) is 54.6 Å². The summed E-state index contributed by atoms with van der Waals surface area (Å²) in [5, 5.41) is 0.771. The molecule has 112 valence electrons. The minimum atomic E-state index is 0.149. The molecule has 0 fully saturated rings. The Balaban J connectivity index is 1.98. The fourth-order valence-corrected chi connectivity index (χ4v) is 2.81. The molecule has 4 heteroatoms. The van der Waals surface area contributed by atoms with E-state index in [2.05, 4.69) is 18.8 Å². The SMILES string of the molecule is Cc1ncc(C(=O)CCCc2ccccc2Cl)n1C(C)C. The number of hydrogen-bond donors (Lipinski definition) is 0. The Morgan fingerprint density at radius 1 is 1.33 bits per heavy atom. The van der Waals surface area contributed by atoms with Crippen molar-refractivity contribution in [1.29, 1.82) is 0 Å². The standard InChI is InChI=1S/C17H21ClN2O/c1-12(2)20-13(3)19-11-16(20)17(21)10-6-8-14-7-4-5-9-15(14)18/h4-5,7,9,11-12H,6,8,10H2,1-3H3. The highest BCUT2D eigenvalue weighted by Crippen LogP contribution is 2.19. The number of carbonyl (C=O) groups is 1. The molecule has 0 bridgehead atoms. The van der Waals surface area contributed by atoms with Gasteiger partial charge in [0.15, 0.2) is 5.78 Å². The number of hydrogen-bond acceptors (Lipinski definition) is 2. The summed E-state index contributed by atoms with van der Waals surface area (Å²) >= 11 is 6.13. The van der Waals surface area contributed by atoms with Gasteiger partial charge in [-0.25, -0.2) is 4.98 Å². The van der Waals surface area contributed by atoms with Crippen LogP contribution >= 0.6 is 11.6 Å². The highest BCUT2D eigenvalue weighted by Gasteiger charge is 2.16. The van der Waals surface area contributed by atoms with E-state index in [9.17, 15) is 4.79 Å². The Hall–Kier alpha value is -1.61. The second kappa shape index (κ2) is 6.90. The van der Waals surface area contributed by atoms with Crippen LogP contribution in [0.15, 0.2) is 30.5 Å². The van der Waals surface area contributed by atoms with Crippen molar-refractivity contribution in [2.45, 2.75) is 46.1 Å². The molecule has 0 spiro atoms. The molecule has 0 unspecified atom stereocenters. The van der Waals surface area contributed by atoms with E-state index >= 15 is 0 Å². The van der Waals surface area contributed by atoms with Gasteiger partial charge < -0.3 is 4.57 Å². The molecule has 0 amide bonds. The molecular formula is C17H21ClN2O. The van der Waals surface area contributed by atoms with Gasteiger partial charge >= 0.3 is 0 Å². The molecule has 21 heavy (non-hydrogen) atoms. The van der Waals surface area contributed by atoms with E-state index in [4.69, 9.17) is 11.6 Å². The molecule has 3 nitrogen and oxygen atoms in total. The summed E-state index contributed by atoms with van der Waals surface area (Å²) < 4.78 is 2.00. The number of ketones is 1. The van der Waals surface area contributed by atoms with Crippen molar-refractivity contribution in [2.75, 3.05) is 0 Å². The van der Waals surface area contributed by atoms with Crippen LogP contribution in [-0.2, 0) is 6.42 Å². The van der Waals surface area contributed by atoms with Gasteiger partial charge in [-0.2, -0.15) is 0 Å². The van der Waals surface area contributed by atoms with Crippen LogP contribution in [-0.4, -0.2) is 15.3 Å². The number of aryl methyl sites for hydroxylation is 2. The van der Waals surface area contributed by atoms with E-state index in [0.717, 1.165) is 29.3 Å². The average Bonchev–Trinajstić information content (AvgIpc) is 2.83. The first kappa shape index (κ1) is 15.8. The predicted molar refractivity (Wildman–Crippen MR) is 86.1 cm³/mol. The molecule has 0 saturated heterocycles. The molecule has 0 saturated carbocycles. The van der Waals surface area contributed by atoms with Gasteiger partial charge in [0, 0.05) is 17.5 Å². The molecular weight excluding hydrogens is 284 g/mol. The molecule has 0 aliphatic heterocycles. The maximum absolute atomic E-state index is 12.4. The second-order valence-electron chi connectivity index (χ2n) is 5.52. The molecule has 0 aliphatic rings. The lowest BCUT2D eigenvalue weighted by Gasteiger charge is -2.13. The van der Waals surface area contributed by atoms with Crippen LogP contribution in [0.2, 0.25) is 5.02 Å². The minimum Gasteiger partial charge on any atom is -0.323 e. The van der Waals surface area contributed by atoms with Gasteiger partial charge in [-0.1, -0.05) is 29.8 Å². The van der Waals surface area contributed by atoms with Crippen molar-refractivity contribution < 1.29 is 4.79 Å². The van der Waals surface area contributed by atoms with Crippen molar-refractivity contribution in [3.8, 4) is 0 Å². The minimum absolute atomic E-state index is 0.149. The van der Waals surface area contributed by atoms with Gasteiger partial charge in [0.2, 0.25) is 0 Å². The van der Waals surface area contributed by atoms with Gasteiger partial charge in [-0.3, -0.25) is 4.79 Å². The second-order valence-corrected chi connectivity index (χ2v) is 5.93. The maximum atomic E-state index is 12.4. The Kier molecular flexibility index (Phi) is 5.18. The van der Waals surface area contributed by atoms with E-state index < -0.39 is 0 Å². The number of Topliss-reactive ketones (excluding diaryl/α,β-unsaturated/α-hetero) is 1. The third-order valence-electron chi connectivity index (χ3n) is 3.59. The molecule has 0 N–H and O–H groups in total. The Morgan fingerprint density at radius 3 is 2.71 bits per heavy atom. The Labute approximate surface area is 131 Å². The lowest BCUT2D eigenvalue weighted by Crippen LogP contribution is -2.12. The van der Waals surface area contributed by atoms with Crippen LogP contribution in [0, 0.1) is 6.92 Å². The van der Waals surface area contributed by atoms with Crippen molar-refractivity contribution in [3.63, 3.8) is 0 Å². The largest absolute Gasteiger partial charge is 0.323 e. The summed E-state index contributed by atoms with van der Waals surface area (Å²) in [4.78, 5) is 16.6. The normalized spacial score (nSPS) is 11.1. The molecule has 1 aromatic heterocycles. The zero-order valence-corrected chi connectivity index (χ0v) is 13.5. The lowest BCUT2D eigenvalue weighted by molar-refractivity contribution is 0.0969. The summed E-state index contributed by atoms with van der Waals surface area (Å²) in [6, 6.07) is 8.03. The highest BCUT2D eigenvalue weighted by atomic mass is 35.5. The molecule has 0 radical (unpaired) electrons. The van der Waals surface area contributed by atoms with E-state index in [1.165, 1.54) is 0 Å². The van der Waals surface area contributed by atoms with Gasteiger partial charge in [0.05, 0.1) is 6.20 Å². The van der Waals surface area contributed by atoms with E-state index in [1.807, 2.05) is 35.8 Å². The quantitative estimate of drug-likeness (QED) is 0.729. The van der Waals surface area contributed by atoms with Crippen LogP contribution in [0.4, 0.5) is 0 Å². The number of aromatic nitrogens is 2. The number of rotatable bonds is 6. The van der Waals surface area contributed by atoms with Crippen molar-refractivity contribution in [1.82, 2.24) is 9.55 Å². The van der Waals surface area contributed by atoms with Crippen LogP contribution < -0.4 is 0 Å². The molecule has 1 heterocycles. The zero-order valence-electron chi connectivity index (χ0n) is 12.8. The molecule has 2 rings (SSSR count). The number of benzene rings is 1. The number of halogens is 1. The molecule has 0 atom stereocenters. The number of nitrogens with zero attached hydrogens (tertiary/aromatic N) is 2. The van der Waals surface area contributed by atoms with Crippen molar-refractivity contribution in [3.05, 3.63) is 52.6 Å². The smallest absolute Gasteiger partial charge is 0.180 e. The topological polar surface area (TPSA) is 34.9 Å². The molecule has 0 aliphatic carbocycles. The monoisotopic (exact) mass is 304 g/mol. The van der Waals surface area contributed by atoms with Gasteiger partial charge in [0.1, 0.15) is 11.5 Å². The van der Waals surface area contributed by atoms with E-state index in [1.54, 1.807) is 6.20 Å². The maximum Gasteiger partial charge on any atom is 0.180 e. The Morgan fingerprint density at radius 2 is 2.05 bits per heavy atom. The predicted octanol–water partition coefficient (Wildman–Crippen LogP) is 4.63. The Bertz CT molecular complexity index is 631. The summed E-state index contributed by atoms with van der Waals surface area (Å²) in [5.41, 5.74) is 1.81. The summed E-state index contributed by atoms with van der Waals surface area (Å²) in [6.45, 7) is 6.06. The first-order valence-corrected chi connectivity index (χ1v) is 7.69. The third-order valence-corrected chi connectivity index (χ3v) is 3.96.